The van der Waals surface area contributed by atoms with E-state index < -0.39 is 41.3 Å². The van der Waals surface area contributed by atoms with Gasteiger partial charge >= 0.3 is 0 Å². The number of nitrogens with one attached hydrogen (secondary N) is 3. The Balaban J connectivity index is 0.840. The van der Waals surface area contributed by atoms with Crippen molar-refractivity contribution in [1.82, 2.24) is 30.0 Å². The fourth-order valence-electron chi connectivity index (χ4n) is 8.41. The normalized spacial score (nSPS) is 24.4. The van der Waals surface area contributed by atoms with E-state index in [0.29, 0.717) is 60.6 Å². The first kappa shape index (κ1) is 37.7. The van der Waals surface area contributed by atoms with Crippen molar-refractivity contribution in [3.05, 3.63) is 76.2 Å². The molecule has 3 atom stereocenters. The third-order valence-electron chi connectivity index (χ3n) is 11.7. The van der Waals surface area contributed by atoms with Crippen LogP contribution < -0.4 is 31.1 Å². The maximum Gasteiger partial charge on any atom is 0.274 e. The van der Waals surface area contributed by atoms with Gasteiger partial charge in [0, 0.05) is 62.0 Å². The second kappa shape index (κ2) is 15.8. The summed E-state index contributed by atoms with van der Waals surface area (Å²) in [5.74, 6) is -0.982. The summed E-state index contributed by atoms with van der Waals surface area (Å²) >= 11 is 0. The van der Waals surface area contributed by atoms with Crippen LogP contribution in [0.15, 0.2) is 53.7 Å². The Labute approximate surface area is 323 Å². The maximum atomic E-state index is 15.2. The number of hydrogen-bond donors (Lipinski definition) is 3. The number of amides is 3. The quantitative estimate of drug-likeness (QED) is 0.167. The van der Waals surface area contributed by atoms with Crippen LogP contribution in [0.3, 0.4) is 0 Å². The number of benzene rings is 1. The Morgan fingerprint density at radius 2 is 1.82 bits per heavy atom. The molecule has 296 valence electrons. The van der Waals surface area contributed by atoms with Gasteiger partial charge in [-0.3, -0.25) is 29.2 Å². The number of pyridine rings is 2. The van der Waals surface area contributed by atoms with Crippen molar-refractivity contribution in [3.8, 4) is 5.75 Å². The molecule has 4 aliphatic rings. The van der Waals surface area contributed by atoms with Gasteiger partial charge in [0.1, 0.15) is 17.6 Å². The molecule has 2 aliphatic carbocycles. The molecule has 56 heavy (non-hydrogen) atoms. The lowest BCUT2D eigenvalue weighted by molar-refractivity contribution is -0.134. The number of ether oxygens (including phenoxy) is 1. The Bertz CT molecular complexity index is 2190. The monoisotopic (exact) mass is 770 g/mol. The van der Waals surface area contributed by atoms with E-state index in [1.807, 2.05) is 29.6 Å². The summed E-state index contributed by atoms with van der Waals surface area (Å²) in [5, 5.41) is 14.5. The smallest absolute Gasteiger partial charge is 0.274 e. The molecule has 8 rings (SSSR count). The van der Waals surface area contributed by atoms with Gasteiger partial charge in [0.05, 0.1) is 35.2 Å². The minimum Gasteiger partial charge on any atom is -0.490 e. The highest BCUT2D eigenvalue weighted by atomic mass is 19.1. The largest absolute Gasteiger partial charge is 0.490 e. The van der Waals surface area contributed by atoms with Gasteiger partial charge in [-0.15, -0.1) is 0 Å². The molecule has 0 bridgehead atoms. The molecule has 3 amide bonds. The van der Waals surface area contributed by atoms with E-state index in [9.17, 15) is 23.6 Å². The third-order valence-corrected chi connectivity index (χ3v) is 11.7. The summed E-state index contributed by atoms with van der Waals surface area (Å²) in [6, 6.07) is 8.15. The average Bonchev–Trinajstić information content (AvgIpc) is 3.75. The number of halogens is 2. The minimum absolute atomic E-state index is 0.0861. The van der Waals surface area contributed by atoms with Gasteiger partial charge in [0.2, 0.25) is 11.8 Å². The van der Waals surface area contributed by atoms with Crippen LogP contribution in [0, 0.1) is 11.7 Å². The van der Waals surface area contributed by atoms with Gasteiger partial charge < -0.3 is 24.8 Å². The first-order chi connectivity index (χ1) is 27.0. The Morgan fingerprint density at radius 1 is 1.05 bits per heavy atom. The molecule has 0 radical (unpaired) electrons. The summed E-state index contributed by atoms with van der Waals surface area (Å²) in [5.41, 5.74) is 1.15. The Hall–Kier alpha value is -5.18. The maximum absolute atomic E-state index is 15.2. The topological polar surface area (TPSA) is 152 Å². The molecule has 3 N–H and O–H groups in total. The van der Waals surface area contributed by atoms with Crippen LogP contribution >= 0.6 is 0 Å². The summed E-state index contributed by atoms with van der Waals surface area (Å²) in [4.78, 5) is 56.7. The number of hydrogen-bond acceptors (Lipinski definition) is 9. The second-order valence-electron chi connectivity index (χ2n) is 16.0. The van der Waals surface area contributed by atoms with Crippen molar-refractivity contribution in [2.45, 2.75) is 108 Å². The van der Waals surface area contributed by atoms with E-state index in [4.69, 9.17) is 9.84 Å². The second-order valence-corrected chi connectivity index (χ2v) is 16.0. The molecule has 5 heterocycles. The Morgan fingerprint density at radius 3 is 2.52 bits per heavy atom. The number of carbonyl (C=O) groups is 3. The van der Waals surface area contributed by atoms with Crippen LogP contribution in [-0.4, -0.2) is 75.0 Å². The standard InChI is InChI=1S/C41H48F2N8O5/c1-23(2)56-36-19-34-26(16-30(36)40(54)46-33-4-3-13-50(41(33)55)35-18-31(35)42)22-51(48-34)28-7-5-24(6-8-28)20-44-27-11-14-49(15-12-27)38-32(43)17-25(21-45-38)29-9-10-37(52)47-39(29)53/h3-4,13,16-17,19,21-24,27-29,31,35,44H,5-12,14-15,18,20H2,1-2H3,(H,46,54)(H,47,52,53)/t24?,28?,29?,31-,35+/m1/s1. The lowest BCUT2D eigenvalue weighted by atomic mass is 9.85. The number of anilines is 2. The number of rotatable bonds is 11. The van der Waals surface area contributed by atoms with Gasteiger partial charge in [-0.25, -0.2) is 13.8 Å². The van der Waals surface area contributed by atoms with E-state index in [0.717, 1.165) is 56.0 Å². The van der Waals surface area contributed by atoms with E-state index >= 15 is 4.39 Å². The summed E-state index contributed by atoms with van der Waals surface area (Å²) in [7, 11) is 0. The van der Waals surface area contributed by atoms with Gasteiger partial charge in [-0.2, -0.15) is 5.10 Å². The number of alkyl halides is 1. The summed E-state index contributed by atoms with van der Waals surface area (Å²) in [6.45, 7) is 6.04. The van der Waals surface area contributed by atoms with Crippen LogP contribution in [0.4, 0.5) is 20.3 Å². The number of imide groups is 1. The minimum atomic E-state index is -1.05. The SMILES string of the molecule is CC(C)Oc1cc2nn(C3CCC(CNC4CCN(c5ncc(C6CCC(=O)NC6=O)cc5F)CC4)CC3)cc2cc1C(=O)Nc1cccn([C@H]2C[C@H]2F)c1=O. The van der Waals surface area contributed by atoms with Gasteiger partial charge in [-0.05, 0) is 101 Å². The van der Waals surface area contributed by atoms with Gasteiger partial charge in [-0.1, -0.05) is 0 Å². The van der Waals surface area contributed by atoms with Crippen molar-refractivity contribution in [2.75, 3.05) is 29.9 Å². The van der Waals surface area contributed by atoms with E-state index in [1.165, 1.54) is 16.7 Å². The number of aromatic nitrogens is 4. The highest BCUT2D eigenvalue weighted by Crippen LogP contribution is 2.38. The van der Waals surface area contributed by atoms with Crippen LogP contribution in [0.1, 0.15) is 106 Å². The molecule has 4 aromatic rings. The summed E-state index contributed by atoms with van der Waals surface area (Å²) < 4.78 is 38.3. The molecule has 3 aromatic heterocycles. The van der Waals surface area contributed by atoms with Crippen molar-refractivity contribution in [3.63, 3.8) is 0 Å². The zero-order valence-electron chi connectivity index (χ0n) is 31.7. The fourth-order valence-corrected chi connectivity index (χ4v) is 8.41. The third kappa shape index (κ3) is 8.04. The van der Waals surface area contributed by atoms with Gasteiger partial charge in [0.25, 0.3) is 11.5 Å². The van der Waals surface area contributed by atoms with Crippen molar-refractivity contribution >= 4 is 40.1 Å². The Kier molecular flexibility index (Phi) is 10.6. The number of nitrogens with zero attached hydrogens (tertiary/aromatic N) is 5. The number of fused-ring (bicyclic) bond motifs is 1. The lowest BCUT2D eigenvalue weighted by Crippen LogP contribution is -2.44. The highest BCUT2D eigenvalue weighted by molar-refractivity contribution is 6.08. The van der Waals surface area contributed by atoms with E-state index in [1.54, 1.807) is 30.6 Å². The predicted molar refractivity (Wildman–Crippen MR) is 206 cm³/mol. The first-order valence-electron chi connectivity index (χ1n) is 19.8. The predicted octanol–water partition coefficient (Wildman–Crippen LogP) is 5.56. The molecule has 2 aliphatic heterocycles. The zero-order chi connectivity index (χ0) is 39.1. The molecule has 2 saturated heterocycles. The molecular weight excluding hydrogens is 722 g/mol. The lowest BCUT2D eigenvalue weighted by Gasteiger charge is -2.35. The van der Waals surface area contributed by atoms with Crippen LogP contribution in [0.25, 0.3) is 10.9 Å². The molecular formula is C41H48F2N8O5. The van der Waals surface area contributed by atoms with E-state index in [2.05, 4.69) is 20.9 Å². The summed E-state index contributed by atoms with van der Waals surface area (Å²) in [6.07, 6.45) is 10.5. The van der Waals surface area contributed by atoms with Crippen molar-refractivity contribution in [1.29, 1.82) is 0 Å². The molecule has 2 saturated carbocycles. The molecule has 15 heteroatoms. The molecule has 4 fully saturated rings. The van der Waals surface area contributed by atoms with Crippen LogP contribution in [-0.2, 0) is 9.59 Å². The first-order valence-corrected chi connectivity index (χ1v) is 19.8. The molecule has 1 aromatic carbocycles. The average molecular weight is 771 g/mol. The molecule has 1 unspecified atom stereocenters. The van der Waals surface area contributed by atoms with Crippen LogP contribution in [0.2, 0.25) is 0 Å². The zero-order valence-corrected chi connectivity index (χ0v) is 31.7. The molecule has 0 spiro atoms. The highest BCUT2D eigenvalue weighted by Gasteiger charge is 2.40. The van der Waals surface area contributed by atoms with Crippen molar-refractivity contribution < 1.29 is 27.9 Å². The fraction of sp³-hybridized carbons (Fsp3) is 0.512. The van der Waals surface area contributed by atoms with Crippen LogP contribution in [0.5, 0.6) is 5.75 Å². The van der Waals surface area contributed by atoms with Gasteiger partial charge in [0.15, 0.2) is 11.6 Å². The van der Waals surface area contributed by atoms with Crippen molar-refractivity contribution in [2.24, 2.45) is 5.92 Å². The number of carbonyl (C=O) groups excluding carboxylic acids is 3. The molecule has 13 nitrogen and oxygen atoms in total. The van der Waals surface area contributed by atoms with E-state index in [-0.39, 0.29) is 30.2 Å². The number of piperidine rings is 2.